The standard InChI is InChI=1S/C36H50O9/c1-31(2,42)16-15-28(39)34(5,45-30(41)12-11-22-9-7-6-8-10-22)27-14-18-35(43)24-19-29(40)36(44)21-26(38)25(37)20-33(36,4)23(24)13-17-32(27,35)3/h6-12,19,23,25-28,37-39,42-44H,13-18,20-21H2,1-5H3/b12-11+/t23-,25?,26?,27-,28?,32+,33+,34+,35+,36?/m0/s1. The molecule has 45 heavy (non-hydrogen) atoms. The Morgan fingerprint density at radius 2 is 1.64 bits per heavy atom. The number of rotatable bonds is 8. The van der Waals surface area contributed by atoms with E-state index in [1.807, 2.05) is 37.3 Å². The summed E-state index contributed by atoms with van der Waals surface area (Å²) in [5.41, 5.74) is -6.62. The lowest BCUT2D eigenvalue weighted by Crippen LogP contribution is -2.69. The van der Waals surface area contributed by atoms with Gasteiger partial charge in [0, 0.05) is 29.2 Å². The Morgan fingerprint density at radius 1 is 1.00 bits per heavy atom. The summed E-state index contributed by atoms with van der Waals surface area (Å²) >= 11 is 0. The maximum Gasteiger partial charge on any atom is 0.331 e. The summed E-state index contributed by atoms with van der Waals surface area (Å²) in [5.74, 6) is -2.18. The fourth-order valence-electron chi connectivity index (χ4n) is 9.40. The van der Waals surface area contributed by atoms with Crippen LogP contribution in [0.25, 0.3) is 6.08 Å². The number of esters is 1. The molecule has 0 radical (unpaired) electrons. The first-order valence-electron chi connectivity index (χ1n) is 16.2. The summed E-state index contributed by atoms with van der Waals surface area (Å²) in [7, 11) is 0. The van der Waals surface area contributed by atoms with Gasteiger partial charge in [-0.2, -0.15) is 0 Å². The van der Waals surface area contributed by atoms with Crippen LogP contribution in [0.3, 0.4) is 0 Å². The molecule has 4 unspecified atom stereocenters. The van der Waals surface area contributed by atoms with Crippen molar-refractivity contribution in [2.45, 2.75) is 127 Å². The number of benzene rings is 1. The first-order chi connectivity index (χ1) is 20.8. The van der Waals surface area contributed by atoms with Gasteiger partial charge in [0.15, 0.2) is 5.78 Å². The molecule has 0 saturated heterocycles. The molecule has 9 nitrogen and oxygen atoms in total. The average Bonchev–Trinajstić information content (AvgIpc) is 3.25. The van der Waals surface area contributed by atoms with Crippen molar-refractivity contribution in [3.8, 4) is 0 Å². The SMILES string of the molecule is CC(C)(O)CCC(O)[C@](C)(OC(=O)/C=C/c1ccccc1)[C@H]1CC[C@@]2(O)C3=CC(=O)C4(O)CC(O)C(O)C[C@]4(C)[C@H]3CC[C@]12C. The quantitative estimate of drug-likeness (QED) is 0.188. The van der Waals surface area contributed by atoms with E-state index in [0.29, 0.717) is 24.8 Å². The fraction of sp³-hybridized carbons (Fsp3) is 0.667. The Morgan fingerprint density at radius 3 is 2.29 bits per heavy atom. The summed E-state index contributed by atoms with van der Waals surface area (Å²) in [4.78, 5) is 27.0. The van der Waals surface area contributed by atoms with Gasteiger partial charge in [-0.05, 0) is 94.9 Å². The zero-order chi connectivity index (χ0) is 33.2. The maximum absolute atomic E-state index is 13.6. The summed E-state index contributed by atoms with van der Waals surface area (Å²) in [6, 6.07) is 9.29. The molecule has 4 aliphatic rings. The van der Waals surface area contributed by atoms with E-state index >= 15 is 0 Å². The molecule has 0 aromatic heterocycles. The lowest BCUT2D eigenvalue weighted by molar-refractivity contribution is -0.215. The van der Waals surface area contributed by atoms with Crippen LogP contribution in [-0.2, 0) is 14.3 Å². The zero-order valence-electron chi connectivity index (χ0n) is 27.1. The summed E-state index contributed by atoms with van der Waals surface area (Å²) in [6.07, 6.45) is 2.49. The van der Waals surface area contributed by atoms with Crippen LogP contribution in [0.2, 0.25) is 0 Å². The van der Waals surface area contributed by atoms with E-state index in [9.17, 15) is 40.2 Å². The molecule has 5 rings (SSSR count). The average molecular weight is 627 g/mol. The van der Waals surface area contributed by atoms with Gasteiger partial charge >= 0.3 is 5.97 Å². The van der Waals surface area contributed by atoms with Crippen molar-refractivity contribution in [2.24, 2.45) is 22.7 Å². The van der Waals surface area contributed by atoms with Gasteiger partial charge in [-0.3, -0.25) is 4.79 Å². The highest BCUT2D eigenvalue weighted by molar-refractivity contribution is 6.00. The Labute approximate surface area is 265 Å². The van der Waals surface area contributed by atoms with Gasteiger partial charge in [-0.1, -0.05) is 44.2 Å². The van der Waals surface area contributed by atoms with Crippen LogP contribution in [0.4, 0.5) is 0 Å². The third kappa shape index (κ3) is 5.43. The van der Waals surface area contributed by atoms with Crippen LogP contribution in [-0.4, -0.2) is 83.1 Å². The molecule has 0 heterocycles. The van der Waals surface area contributed by atoms with E-state index < -0.39 is 75.1 Å². The number of hydrogen-bond acceptors (Lipinski definition) is 9. The number of carbonyl (C=O) groups excluding carboxylic acids is 2. The number of fused-ring (bicyclic) bond motifs is 5. The molecule has 1 aromatic rings. The van der Waals surface area contributed by atoms with Crippen molar-refractivity contribution in [1.82, 2.24) is 0 Å². The van der Waals surface area contributed by atoms with E-state index in [-0.39, 0.29) is 32.1 Å². The molecule has 3 fully saturated rings. The lowest BCUT2D eigenvalue weighted by Gasteiger charge is -2.63. The molecule has 9 heteroatoms. The predicted octanol–water partition coefficient (Wildman–Crippen LogP) is 3.23. The smallest absolute Gasteiger partial charge is 0.331 e. The number of hydrogen-bond donors (Lipinski definition) is 6. The second-order valence-electron chi connectivity index (χ2n) is 15.5. The third-order valence-corrected chi connectivity index (χ3v) is 12.2. The maximum atomic E-state index is 13.6. The van der Waals surface area contributed by atoms with E-state index in [1.165, 1.54) is 12.2 Å². The van der Waals surface area contributed by atoms with Crippen molar-refractivity contribution < 1.29 is 45.0 Å². The fourth-order valence-corrected chi connectivity index (χ4v) is 9.40. The van der Waals surface area contributed by atoms with Crippen LogP contribution in [0.1, 0.15) is 91.5 Å². The molecule has 6 N–H and O–H groups in total. The van der Waals surface area contributed by atoms with E-state index in [4.69, 9.17) is 4.74 Å². The normalized spacial score (nSPS) is 40.2. The van der Waals surface area contributed by atoms with Gasteiger partial charge in [0.1, 0.15) is 11.2 Å². The van der Waals surface area contributed by atoms with Gasteiger partial charge in [0.25, 0.3) is 0 Å². The highest BCUT2D eigenvalue weighted by atomic mass is 16.6. The van der Waals surface area contributed by atoms with Gasteiger partial charge < -0.3 is 35.4 Å². The van der Waals surface area contributed by atoms with E-state index in [0.717, 1.165) is 5.56 Å². The topological polar surface area (TPSA) is 165 Å². The van der Waals surface area contributed by atoms with Crippen molar-refractivity contribution in [2.75, 3.05) is 0 Å². The number of carbonyl (C=O) groups is 2. The molecule has 0 bridgehead atoms. The highest BCUT2D eigenvalue weighted by Crippen LogP contribution is 2.69. The molecule has 0 amide bonds. The summed E-state index contributed by atoms with van der Waals surface area (Å²) in [5, 5.41) is 67.5. The minimum atomic E-state index is -1.87. The zero-order valence-corrected chi connectivity index (χ0v) is 27.1. The molecular formula is C36H50O9. The third-order valence-electron chi connectivity index (χ3n) is 12.2. The number of ketones is 1. The van der Waals surface area contributed by atoms with Crippen molar-refractivity contribution >= 4 is 17.8 Å². The molecule has 4 aliphatic carbocycles. The number of aliphatic hydroxyl groups is 6. The van der Waals surface area contributed by atoms with Gasteiger partial charge in [0.2, 0.25) is 0 Å². The van der Waals surface area contributed by atoms with Gasteiger partial charge in [0.05, 0.1) is 29.5 Å². The Hall–Kier alpha value is -2.40. The lowest BCUT2D eigenvalue weighted by atomic mass is 9.44. The predicted molar refractivity (Wildman–Crippen MR) is 167 cm³/mol. The van der Waals surface area contributed by atoms with Crippen LogP contribution in [0.15, 0.2) is 48.1 Å². The Bertz CT molecular complexity index is 1370. The molecule has 0 aliphatic heterocycles. The van der Waals surface area contributed by atoms with Crippen molar-refractivity contribution in [3.63, 3.8) is 0 Å². The van der Waals surface area contributed by atoms with Crippen LogP contribution in [0.5, 0.6) is 0 Å². The second kappa shape index (κ2) is 11.4. The molecule has 248 valence electrons. The monoisotopic (exact) mass is 626 g/mol. The van der Waals surface area contributed by atoms with Gasteiger partial charge in [-0.25, -0.2) is 4.79 Å². The first kappa shape index (κ1) is 33.9. The molecule has 0 spiro atoms. The minimum Gasteiger partial charge on any atom is -0.453 e. The largest absolute Gasteiger partial charge is 0.453 e. The Balaban J connectivity index is 1.51. The minimum absolute atomic E-state index is 0.00731. The first-order valence-corrected chi connectivity index (χ1v) is 16.2. The molecule has 10 atom stereocenters. The van der Waals surface area contributed by atoms with Crippen LogP contribution in [0, 0.1) is 22.7 Å². The van der Waals surface area contributed by atoms with Crippen LogP contribution >= 0.6 is 0 Å². The molecule has 1 aromatic carbocycles. The molecular weight excluding hydrogens is 576 g/mol. The van der Waals surface area contributed by atoms with Crippen molar-refractivity contribution in [3.05, 3.63) is 53.6 Å². The summed E-state index contributed by atoms with van der Waals surface area (Å²) in [6.45, 7) is 8.69. The van der Waals surface area contributed by atoms with Gasteiger partial charge in [-0.15, -0.1) is 0 Å². The van der Waals surface area contributed by atoms with E-state index in [2.05, 4.69) is 0 Å². The summed E-state index contributed by atoms with van der Waals surface area (Å²) < 4.78 is 6.18. The Kier molecular flexibility index (Phi) is 8.59. The second-order valence-corrected chi connectivity index (χ2v) is 15.5. The van der Waals surface area contributed by atoms with E-state index in [1.54, 1.807) is 33.8 Å². The van der Waals surface area contributed by atoms with Crippen LogP contribution < -0.4 is 0 Å². The number of aliphatic hydroxyl groups excluding tert-OH is 3. The number of ether oxygens (including phenoxy) is 1. The van der Waals surface area contributed by atoms with Crippen molar-refractivity contribution in [1.29, 1.82) is 0 Å². The highest BCUT2D eigenvalue weighted by Gasteiger charge is 2.72. The molecule has 3 saturated carbocycles.